The number of carbonyl (C=O) groups excluding carboxylic acids is 1. The lowest BCUT2D eigenvalue weighted by atomic mass is 10.1. The second-order valence-corrected chi connectivity index (χ2v) is 8.61. The van der Waals surface area contributed by atoms with Gasteiger partial charge < -0.3 is 14.6 Å². The van der Waals surface area contributed by atoms with Crippen LogP contribution in [0.15, 0.2) is 66.0 Å². The number of hydrogen-bond acceptors (Lipinski definition) is 4. The second-order valence-electron chi connectivity index (χ2n) is 7.30. The molecule has 4 rings (SSSR count). The molecule has 1 saturated heterocycles. The normalized spacial score (nSPS) is 17.1. The van der Waals surface area contributed by atoms with Crippen LogP contribution in [0.5, 0.6) is 0 Å². The Balaban J connectivity index is 1.53. The molecule has 1 fully saturated rings. The number of ether oxygens (including phenoxy) is 1. The van der Waals surface area contributed by atoms with Crippen molar-refractivity contribution in [1.82, 2.24) is 9.55 Å². The summed E-state index contributed by atoms with van der Waals surface area (Å²) in [6.45, 7) is 3.31. The maximum absolute atomic E-state index is 13.4. The van der Waals surface area contributed by atoms with Crippen molar-refractivity contribution in [3.63, 3.8) is 0 Å². The molecule has 2 aromatic carbocycles. The topological polar surface area (TPSA) is 56.2 Å². The number of thioether (sulfide) groups is 1. The summed E-state index contributed by atoms with van der Waals surface area (Å²) in [6.07, 6.45) is 4.09. The van der Waals surface area contributed by atoms with Crippen LogP contribution in [0.25, 0.3) is 11.3 Å². The summed E-state index contributed by atoms with van der Waals surface area (Å²) in [5.74, 6) is -0.578. The van der Waals surface area contributed by atoms with E-state index in [0.717, 1.165) is 35.9 Å². The highest BCUT2D eigenvalue weighted by Gasteiger charge is 2.23. The molecule has 1 aliphatic heterocycles. The van der Waals surface area contributed by atoms with Crippen molar-refractivity contribution >= 4 is 23.4 Å². The van der Waals surface area contributed by atoms with Gasteiger partial charge in [-0.2, -0.15) is 0 Å². The van der Waals surface area contributed by atoms with Crippen molar-refractivity contribution in [1.29, 1.82) is 0 Å². The standard InChI is InChI=1S/C23H24FN3O2S/c1-16(22(28)26-19-10-5-9-18(24)13-19)30-23-25-14-21(17-7-3-2-4-8-17)27(23)15-20-11-6-12-29-20/h2-5,7-10,13-14,16,20H,6,11-12,15H2,1H3,(H,26,28). The lowest BCUT2D eigenvalue weighted by Gasteiger charge is -2.18. The molecule has 2 atom stereocenters. The third-order valence-corrected chi connectivity index (χ3v) is 6.15. The summed E-state index contributed by atoms with van der Waals surface area (Å²) in [6, 6.07) is 16.0. The quantitative estimate of drug-likeness (QED) is 0.542. The Bertz CT molecular complexity index is 1000. The van der Waals surface area contributed by atoms with Gasteiger partial charge in [-0.05, 0) is 43.5 Å². The Labute approximate surface area is 179 Å². The molecule has 3 aromatic rings. The number of amides is 1. The molecular weight excluding hydrogens is 401 g/mol. The largest absolute Gasteiger partial charge is 0.376 e. The minimum absolute atomic E-state index is 0.150. The van der Waals surface area contributed by atoms with E-state index < -0.39 is 5.25 Å². The summed E-state index contributed by atoms with van der Waals surface area (Å²) >= 11 is 1.39. The summed E-state index contributed by atoms with van der Waals surface area (Å²) in [5, 5.41) is 3.14. The van der Waals surface area contributed by atoms with Crippen molar-refractivity contribution in [2.45, 2.75) is 42.8 Å². The summed E-state index contributed by atoms with van der Waals surface area (Å²) in [4.78, 5) is 17.3. The number of carbonyl (C=O) groups is 1. The van der Waals surface area contributed by atoms with Crippen molar-refractivity contribution in [3.05, 3.63) is 66.6 Å². The van der Waals surface area contributed by atoms with E-state index in [1.807, 2.05) is 31.3 Å². The molecule has 0 radical (unpaired) electrons. The number of nitrogens with zero attached hydrogens (tertiary/aromatic N) is 2. The van der Waals surface area contributed by atoms with Crippen molar-refractivity contribution in [2.24, 2.45) is 0 Å². The van der Waals surface area contributed by atoms with E-state index in [9.17, 15) is 9.18 Å². The molecule has 5 nitrogen and oxygen atoms in total. The number of rotatable bonds is 7. The molecule has 156 valence electrons. The van der Waals surface area contributed by atoms with Gasteiger partial charge in [0.15, 0.2) is 5.16 Å². The van der Waals surface area contributed by atoms with E-state index in [1.54, 1.807) is 12.1 Å². The van der Waals surface area contributed by atoms with Crippen molar-refractivity contribution < 1.29 is 13.9 Å². The molecule has 1 N–H and O–H groups in total. The van der Waals surface area contributed by atoms with E-state index in [2.05, 4.69) is 27.0 Å². The number of aromatic nitrogens is 2. The average molecular weight is 426 g/mol. The molecule has 0 spiro atoms. The molecule has 0 aliphatic carbocycles. The fourth-order valence-corrected chi connectivity index (χ4v) is 4.38. The Morgan fingerprint density at radius 2 is 2.13 bits per heavy atom. The highest BCUT2D eigenvalue weighted by atomic mass is 32.2. The van der Waals surface area contributed by atoms with Crippen LogP contribution in [0.1, 0.15) is 19.8 Å². The summed E-state index contributed by atoms with van der Waals surface area (Å²) < 4.78 is 21.4. The molecule has 1 aromatic heterocycles. The SMILES string of the molecule is CC(Sc1ncc(-c2ccccc2)n1CC1CCCO1)C(=O)Nc1cccc(F)c1. The van der Waals surface area contributed by atoms with Crippen molar-refractivity contribution in [3.8, 4) is 11.3 Å². The van der Waals surface area contributed by atoms with Crippen LogP contribution in [-0.2, 0) is 16.1 Å². The second kappa shape index (κ2) is 9.45. The zero-order valence-corrected chi connectivity index (χ0v) is 17.6. The third-order valence-electron chi connectivity index (χ3n) is 5.04. The number of hydrogen-bond donors (Lipinski definition) is 1. The highest BCUT2D eigenvalue weighted by molar-refractivity contribution is 8.00. The van der Waals surface area contributed by atoms with Crippen molar-refractivity contribution in [2.75, 3.05) is 11.9 Å². The Hall–Kier alpha value is -2.64. The first kappa shape index (κ1) is 20.6. The predicted molar refractivity (Wildman–Crippen MR) is 117 cm³/mol. The molecule has 30 heavy (non-hydrogen) atoms. The minimum Gasteiger partial charge on any atom is -0.376 e. The lowest BCUT2D eigenvalue weighted by Crippen LogP contribution is -2.23. The first-order valence-electron chi connectivity index (χ1n) is 10.1. The number of benzene rings is 2. The number of nitrogens with one attached hydrogen (secondary N) is 1. The van der Waals surface area contributed by atoms with Gasteiger partial charge in [-0.25, -0.2) is 9.37 Å². The molecular formula is C23H24FN3O2S. The molecule has 0 bridgehead atoms. The number of imidazole rings is 1. The van der Waals surface area contributed by atoms with E-state index in [-0.39, 0.29) is 17.8 Å². The van der Waals surface area contributed by atoms with Gasteiger partial charge in [0.1, 0.15) is 5.82 Å². The third kappa shape index (κ3) is 4.91. The van der Waals surface area contributed by atoms with Crippen LogP contribution in [0.3, 0.4) is 0 Å². The molecule has 7 heteroatoms. The van der Waals surface area contributed by atoms with Gasteiger partial charge in [0, 0.05) is 12.3 Å². The smallest absolute Gasteiger partial charge is 0.237 e. The van der Waals surface area contributed by atoms with Crippen LogP contribution >= 0.6 is 11.8 Å². The minimum atomic E-state index is -0.400. The van der Waals surface area contributed by atoms with Gasteiger partial charge >= 0.3 is 0 Å². The average Bonchev–Trinajstić information content (AvgIpc) is 3.39. The van der Waals surface area contributed by atoms with Gasteiger partial charge in [-0.15, -0.1) is 0 Å². The fourth-order valence-electron chi connectivity index (χ4n) is 3.48. The molecule has 1 aliphatic rings. The monoisotopic (exact) mass is 425 g/mol. The van der Waals surface area contributed by atoms with Gasteiger partial charge in [-0.3, -0.25) is 4.79 Å². The zero-order chi connectivity index (χ0) is 20.9. The Morgan fingerprint density at radius 1 is 1.30 bits per heavy atom. The van der Waals surface area contributed by atoms with Gasteiger partial charge in [-0.1, -0.05) is 48.2 Å². The number of anilines is 1. The van der Waals surface area contributed by atoms with E-state index in [4.69, 9.17) is 4.74 Å². The van der Waals surface area contributed by atoms with Gasteiger partial charge in [0.25, 0.3) is 0 Å². The molecule has 1 amide bonds. The zero-order valence-electron chi connectivity index (χ0n) is 16.8. The van der Waals surface area contributed by atoms with Crippen LogP contribution < -0.4 is 5.32 Å². The van der Waals surface area contributed by atoms with E-state index in [1.165, 1.54) is 23.9 Å². The van der Waals surface area contributed by atoms with Crippen LogP contribution in [0.2, 0.25) is 0 Å². The molecule has 2 unspecified atom stereocenters. The Morgan fingerprint density at radius 3 is 2.87 bits per heavy atom. The Kier molecular flexibility index (Phi) is 6.50. The summed E-state index contributed by atoms with van der Waals surface area (Å²) in [5.41, 5.74) is 2.53. The van der Waals surface area contributed by atoms with Crippen LogP contribution in [0.4, 0.5) is 10.1 Å². The first-order valence-corrected chi connectivity index (χ1v) is 10.9. The lowest BCUT2D eigenvalue weighted by molar-refractivity contribution is -0.115. The fraction of sp³-hybridized carbons (Fsp3) is 0.304. The maximum Gasteiger partial charge on any atom is 0.237 e. The van der Waals surface area contributed by atoms with Crippen LogP contribution in [0, 0.1) is 5.82 Å². The van der Waals surface area contributed by atoms with Gasteiger partial charge in [0.2, 0.25) is 5.91 Å². The molecule has 2 heterocycles. The van der Waals surface area contributed by atoms with Crippen LogP contribution in [-0.4, -0.2) is 33.4 Å². The predicted octanol–water partition coefficient (Wildman–Crippen LogP) is 4.99. The highest BCUT2D eigenvalue weighted by Crippen LogP contribution is 2.30. The van der Waals surface area contributed by atoms with E-state index in [0.29, 0.717) is 12.2 Å². The van der Waals surface area contributed by atoms with Gasteiger partial charge in [0.05, 0.1) is 29.8 Å². The molecule has 0 saturated carbocycles. The van der Waals surface area contributed by atoms with E-state index >= 15 is 0 Å². The first-order chi connectivity index (χ1) is 14.6. The maximum atomic E-state index is 13.4. The summed E-state index contributed by atoms with van der Waals surface area (Å²) in [7, 11) is 0. The number of halogens is 1.